The summed E-state index contributed by atoms with van der Waals surface area (Å²) in [5.41, 5.74) is 0.290. The Balaban J connectivity index is 2.77. The maximum Gasteiger partial charge on any atom is 0.357 e. The van der Waals surface area contributed by atoms with E-state index in [1.54, 1.807) is 29.3 Å². The number of hydrogen-bond acceptors (Lipinski definition) is 5. The Morgan fingerprint density at radius 3 is 2.57 bits per heavy atom. The first-order valence-electron chi connectivity index (χ1n) is 6.84. The van der Waals surface area contributed by atoms with Crippen molar-refractivity contribution in [1.29, 1.82) is 0 Å². The largest absolute Gasteiger partial charge is 0.464 e. The molecule has 6 nitrogen and oxygen atoms in total. The molecule has 1 aromatic rings. The van der Waals surface area contributed by atoms with Gasteiger partial charge in [0.15, 0.2) is 5.69 Å². The number of aromatic nitrogens is 1. The fraction of sp³-hybridized carbons (Fsp3) is 0.643. The first kappa shape index (κ1) is 17.4. The first-order valence-corrected chi connectivity index (χ1v) is 7.72. The van der Waals surface area contributed by atoms with E-state index in [0.29, 0.717) is 24.7 Å². The molecule has 0 spiro atoms. The fourth-order valence-corrected chi connectivity index (χ4v) is 2.46. The highest BCUT2D eigenvalue weighted by molar-refractivity contribution is 7.09. The summed E-state index contributed by atoms with van der Waals surface area (Å²) in [7, 11) is 4.78. The van der Waals surface area contributed by atoms with Crippen LogP contribution in [0.2, 0.25) is 0 Å². The van der Waals surface area contributed by atoms with Crippen LogP contribution in [0, 0.1) is 5.92 Å². The van der Waals surface area contributed by atoms with Crippen LogP contribution in [-0.2, 0) is 11.3 Å². The summed E-state index contributed by atoms with van der Waals surface area (Å²) in [6, 6.07) is -0.0505. The van der Waals surface area contributed by atoms with Crippen molar-refractivity contribution in [2.45, 2.75) is 26.8 Å². The van der Waals surface area contributed by atoms with Crippen molar-refractivity contribution in [3.63, 3.8) is 0 Å². The van der Waals surface area contributed by atoms with Gasteiger partial charge in [-0.1, -0.05) is 13.8 Å². The van der Waals surface area contributed by atoms with Crippen LogP contribution in [0.3, 0.4) is 0 Å². The van der Waals surface area contributed by atoms with Crippen LogP contribution >= 0.6 is 11.3 Å². The third-order valence-electron chi connectivity index (χ3n) is 2.90. The van der Waals surface area contributed by atoms with Crippen LogP contribution < -0.4 is 0 Å². The number of esters is 1. The van der Waals surface area contributed by atoms with Crippen LogP contribution in [0.25, 0.3) is 0 Å². The normalized spacial score (nSPS) is 10.6. The molecule has 118 valence electrons. The van der Waals surface area contributed by atoms with E-state index in [4.69, 9.17) is 0 Å². The molecule has 0 aliphatic heterocycles. The Morgan fingerprint density at radius 2 is 2.05 bits per heavy atom. The molecule has 2 amide bonds. The molecule has 1 aromatic heterocycles. The number of thiazole rings is 1. The molecule has 0 fully saturated rings. The minimum absolute atomic E-state index is 0.0505. The molecule has 1 rings (SSSR count). The van der Waals surface area contributed by atoms with Crippen molar-refractivity contribution in [1.82, 2.24) is 14.8 Å². The van der Waals surface area contributed by atoms with Crippen molar-refractivity contribution < 1.29 is 14.3 Å². The van der Waals surface area contributed by atoms with E-state index in [1.165, 1.54) is 18.4 Å². The third-order valence-corrected chi connectivity index (χ3v) is 3.74. The van der Waals surface area contributed by atoms with Gasteiger partial charge in [-0.3, -0.25) is 0 Å². The van der Waals surface area contributed by atoms with Crippen molar-refractivity contribution in [3.05, 3.63) is 16.1 Å². The van der Waals surface area contributed by atoms with Crippen molar-refractivity contribution in [2.24, 2.45) is 5.92 Å². The number of hydrogen-bond donors (Lipinski definition) is 0. The molecule has 0 saturated carbocycles. The van der Waals surface area contributed by atoms with E-state index >= 15 is 0 Å². The van der Waals surface area contributed by atoms with E-state index in [-0.39, 0.29) is 6.03 Å². The molecule has 0 unspecified atom stereocenters. The minimum atomic E-state index is -0.454. The van der Waals surface area contributed by atoms with Gasteiger partial charge in [-0.15, -0.1) is 11.3 Å². The summed E-state index contributed by atoms with van der Waals surface area (Å²) in [5.74, 6) is 0.0644. The average molecular weight is 313 g/mol. The van der Waals surface area contributed by atoms with Gasteiger partial charge in [-0.05, 0) is 12.3 Å². The molecule has 0 bridgehead atoms. The molecule has 21 heavy (non-hydrogen) atoms. The zero-order chi connectivity index (χ0) is 16.0. The number of amides is 2. The lowest BCUT2D eigenvalue weighted by molar-refractivity contribution is 0.0594. The van der Waals surface area contributed by atoms with E-state index in [0.717, 1.165) is 11.4 Å². The highest BCUT2D eigenvalue weighted by Crippen LogP contribution is 2.15. The highest BCUT2D eigenvalue weighted by atomic mass is 32.1. The zero-order valence-electron chi connectivity index (χ0n) is 13.3. The lowest BCUT2D eigenvalue weighted by atomic mass is 10.1. The Labute approximate surface area is 129 Å². The number of urea groups is 1. The number of carbonyl (C=O) groups is 2. The van der Waals surface area contributed by atoms with Crippen LogP contribution in [0.1, 0.15) is 35.8 Å². The summed E-state index contributed by atoms with van der Waals surface area (Å²) in [5, 5.41) is 2.39. The van der Waals surface area contributed by atoms with Gasteiger partial charge in [0.25, 0.3) is 0 Å². The topological polar surface area (TPSA) is 62.7 Å². The first-order chi connectivity index (χ1) is 9.85. The van der Waals surface area contributed by atoms with Gasteiger partial charge in [-0.25, -0.2) is 14.6 Å². The van der Waals surface area contributed by atoms with Gasteiger partial charge in [0.2, 0.25) is 0 Å². The molecule has 7 heteroatoms. The van der Waals surface area contributed by atoms with Crippen molar-refractivity contribution in [3.8, 4) is 0 Å². The number of methoxy groups -OCH3 is 1. The van der Waals surface area contributed by atoms with Crippen LogP contribution in [0.15, 0.2) is 5.38 Å². The zero-order valence-corrected chi connectivity index (χ0v) is 14.1. The average Bonchev–Trinajstić information content (AvgIpc) is 2.89. The van der Waals surface area contributed by atoms with E-state index < -0.39 is 5.97 Å². The Kier molecular flexibility index (Phi) is 6.61. The second-order valence-electron chi connectivity index (χ2n) is 5.40. The lowest BCUT2D eigenvalue weighted by Gasteiger charge is -2.26. The Morgan fingerprint density at radius 1 is 1.38 bits per heavy atom. The number of ether oxygens (including phenoxy) is 1. The molecule has 0 aliphatic rings. The van der Waals surface area contributed by atoms with Crippen molar-refractivity contribution >= 4 is 23.3 Å². The molecule has 0 aromatic carbocycles. The van der Waals surface area contributed by atoms with Gasteiger partial charge in [0, 0.05) is 26.0 Å². The summed E-state index contributed by atoms with van der Waals surface area (Å²) in [6.45, 7) is 5.32. The summed E-state index contributed by atoms with van der Waals surface area (Å²) in [6.07, 6.45) is 0.925. The predicted molar refractivity (Wildman–Crippen MR) is 82.4 cm³/mol. The molecule has 0 saturated heterocycles. The second-order valence-corrected chi connectivity index (χ2v) is 6.34. The lowest BCUT2D eigenvalue weighted by Crippen LogP contribution is -2.39. The van der Waals surface area contributed by atoms with E-state index in [1.807, 2.05) is 0 Å². The molecule has 0 atom stereocenters. The fourth-order valence-electron chi connectivity index (χ4n) is 1.68. The maximum atomic E-state index is 12.2. The van der Waals surface area contributed by atoms with Crippen LogP contribution in [-0.4, -0.2) is 54.5 Å². The standard InChI is InChI=1S/C14H23N3O3S/c1-10(2)6-7-17(14(19)16(3)4)8-12-15-11(9-21-12)13(18)20-5/h9-10H,6-8H2,1-5H3. The Bertz CT molecular complexity index is 486. The summed E-state index contributed by atoms with van der Waals surface area (Å²) < 4.78 is 4.64. The number of carbonyl (C=O) groups excluding carboxylic acids is 2. The molecular formula is C14H23N3O3S. The van der Waals surface area contributed by atoms with Crippen molar-refractivity contribution in [2.75, 3.05) is 27.7 Å². The van der Waals surface area contributed by atoms with Gasteiger partial charge in [0.05, 0.1) is 13.7 Å². The third kappa shape index (κ3) is 5.34. The molecule has 0 radical (unpaired) electrons. The highest BCUT2D eigenvalue weighted by Gasteiger charge is 2.19. The molecule has 0 N–H and O–H groups in total. The quantitative estimate of drug-likeness (QED) is 0.757. The number of nitrogens with zero attached hydrogens (tertiary/aromatic N) is 3. The SMILES string of the molecule is COC(=O)c1csc(CN(CCC(C)C)C(=O)N(C)C)n1. The van der Waals surface area contributed by atoms with Crippen LogP contribution in [0.5, 0.6) is 0 Å². The molecular weight excluding hydrogens is 290 g/mol. The second kappa shape index (κ2) is 7.97. The van der Waals surface area contributed by atoms with Crippen LogP contribution in [0.4, 0.5) is 4.79 Å². The number of rotatable bonds is 6. The van der Waals surface area contributed by atoms with Gasteiger partial charge >= 0.3 is 12.0 Å². The van der Waals surface area contributed by atoms with Gasteiger partial charge in [-0.2, -0.15) is 0 Å². The predicted octanol–water partition coefficient (Wildman–Crippen LogP) is 2.46. The summed E-state index contributed by atoms with van der Waals surface area (Å²) >= 11 is 1.36. The monoisotopic (exact) mass is 313 g/mol. The van der Waals surface area contributed by atoms with E-state index in [9.17, 15) is 9.59 Å². The minimum Gasteiger partial charge on any atom is -0.464 e. The smallest absolute Gasteiger partial charge is 0.357 e. The molecule has 0 aliphatic carbocycles. The Hall–Kier alpha value is -1.63. The maximum absolute atomic E-state index is 12.2. The molecule has 1 heterocycles. The van der Waals surface area contributed by atoms with Gasteiger partial charge in [0.1, 0.15) is 5.01 Å². The summed E-state index contributed by atoms with van der Waals surface area (Å²) in [4.78, 5) is 31.1. The van der Waals surface area contributed by atoms with E-state index in [2.05, 4.69) is 23.6 Å². The van der Waals surface area contributed by atoms with Gasteiger partial charge < -0.3 is 14.5 Å².